The summed E-state index contributed by atoms with van der Waals surface area (Å²) < 4.78 is 5.44. The van der Waals surface area contributed by atoms with Crippen molar-refractivity contribution in [3.8, 4) is 0 Å². The van der Waals surface area contributed by atoms with E-state index in [-0.39, 0.29) is 27.7 Å². The fourth-order valence-electron chi connectivity index (χ4n) is 1.91. The average Bonchev–Trinajstić information content (AvgIpc) is 2.63. The molecular weight excluding hydrogens is 247 g/mol. The summed E-state index contributed by atoms with van der Waals surface area (Å²) in [7, 11) is 0. The third kappa shape index (κ3) is 3.14. The molecule has 0 aromatic carbocycles. The minimum Gasteiger partial charge on any atom is -0.465 e. The van der Waals surface area contributed by atoms with E-state index in [0.717, 1.165) is 0 Å². The van der Waals surface area contributed by atoms with E-state index in [2.05, 4.69) is 0 Å². The molecule has 2 unspecified atom stereocenters. The summed E-state index contributed by atoms with van der Waals surface area (Å²) >= 11 is 11.2. The first-order valence-electron chi connectivity index (χ1n) is 5.46. The summed E-state index contributed by atoms with van der Waals surface area (Å²) in [6.45, 7) is 8.53. The molecule has 0 spiro atoms. The quantitative estimate of drug-likeness (QED) is 0.723. The third-order valence-corrected chi connectivity index (χ3v) is 3.28. The van der Waals surface area contributed by atoms with Gasteiger partial charge in [-0.1, -0.05) is 50.9 Å². The molecular formula is C12H18Cl2O2. The largest absolute Gasteiger partial charge is 0.465 e. The molecule has 0 radical (unpaired) electrons. The number of hydrogen-bond donors (Lipinski definition) is 0. The lowest BCUT2D eigenvalue weighted by atomic mass is 10.1. The standard InChI is InChI=1S/C12H18Cl2O2/c1-7(2)6-16-11(15)10-8(5-9(13)14)12(10,3)4/h5,7-8,10H,6H2,1-4H3. The van der Waals surface area contributed by atoms with Gasteiger partial charge in [-0.25, -0.2) is 0 Å². The SMILES string of the molecule is CC(C)COC(=O)C1C(C=C(Cl)Cl)C1(C)C. The Bertz CT molecular complexity index is 304. The molecule has 2 atom stereocenters. The Kier molecular flexibility index (Phi) is 4.30. The van der Waals surface area contributed by atoms with Crippen molar-refractivity contribution in [2.75, 3.05) is 6.61 Å². The van der Waals surface area contributed by atoms with E-state index in [1.807, 2.05) is 27.7 Å². The van der Waals surface area contributed by atoms with E-state index in [1.54, 1.807) is 6.08 Å². The highest BCUT2D eigenvalue weighted by Gasteiger charge is 2.61. The zero-order valence-electron chi connectivity index (χ0n) is 10.1. The second-order valence-corrected chi connectivity index (χ2v) is 6.31. The molecule has 0 N–H and O–H groups in total. The smallest absolute Gasteiger partial charge is 0.310 e. The number of carbonyl (C=O) groups is 1. The molecule has 1 saturated carbocycles. The molecule has 0 aliphatic heterocycles. The van der Waals surface area contributed by atoms with E-state index in [0.29, 0.717) is 12.5 Å². The highest BCUT2D eigenvalue weighted by Crippen LogP contribution is 2.60. The van der Waals surface area contributed by atoms with Crippen LogP contribution in [0.5, 0.6) is 0 Å². The van der Waals surface area contributed by atoms with Crippen LogP contribution in [0.3, 0.4) is 0 Å². The predicted molar refractivity (Wildman–Crippen MR) is 66.3 cm³/mol. The van der Waals surface area contributed by atoms with E-state index >= 15 is 0 Å². The van der Waals surface area contributed by atoms with Gasteiger partial charge >= 0.3 is 5.97 Å². The maximum atomic E-state index is 11.8. The first-order chi connectivity index (χ1) is 7.26. The topological polar surface area (TPSA) is 26.3 Å². The molecule has 4 heteroatoms. The average molecular weight is 265 g/mol. The van der Waals surface area contributed by atoms with Crippen LogP contribution >= 0.6 is 23.2 Å². The lowest BCUT2D eigenvalue weighted by Gasteiger charge is -2.07. The van der Waals surface area contributed by atoms with Crippen LogP contribution < -0.4 is 0 Å². The van der Waals surface area contributed by atoms with Crippen molar-refractivity contribution in [1.29, 1.82) is 0 Å². The van der Waals surface area contributed by atoms with Gasteiger partial charge in [0.2, 0.25) is 0 Å². The Morgan fingerprint density at radius 2 is 2.00 bits per heavy atom. The van der Waals surface area contributed by atoms with Gasteiger partial charge in [-0.05, 0) is 23.3 Å². The molecule has 0 amide bonds. The molecule has 0 bridgehead atoms. The van der Waals surface area contributed by atoms with Crippen LogP contribution in [0, 0.1) is 23.2 Å². The highest BCUT2D eigenvalue weighted by molar-refractivity contribution is 6.55. The van der Waals surface area contributed by atoms with Crippen LogP contribution in [0.15, 0.2) is 10.6 Å². The van der Waals surface area contributed by atoms with Gasteiger partial charge in [-0.2, -0.15) is 0 Å². The number of ether oxygens (including phenoxy) is 1. The van der Waals surface area contributed by atoms with Crippen molar-refractivity contribution in [1.82, 2.24) is 0 Å². The van der Waals surface area contributed by atoms with Crippen LogP contribution in [0.25, 0.3) is 0 Å². The summed E-state index contributed by atoms with van der Waals surface area (Å²) in [5, 5.41) is 0. The lowest BCUT2D eigenvalue weighted by Crippen LogP contribution is -2.14. The van der Waals surface area contributed by atoms with Gasteiger partial charge in [-0.15, -0.1) is 0 Å². The maximum absolute atomic E-state index is 11.8. The van der Waals surface area contributed by atoms with Crippen molar-refractivity contribution >= 4 is 29.2 Å². The summed E-state index contributed by atoms with van der Waals surface area (Å²) in [6, 6.07) is 0. The van der Waals surface area contributed by atoms with E-state index in [1.165, 1.54) is 0 Å². The normalized spacial score (nSPS) is 26.4. The van der Waals surface area contributed by atoms with Gasteiger partial charge in [0.15, 0.2) is 0 Å². The van der Waals surface area contributed by atoms with Crippen LogP contribution in [-0.2, 0) is 9.53 Å². The van der Waals surface area contributed by atoms with Crippen molar-refractivity contribution in [3.63, 3.8) is 0 Å². The lowest BCUT2D eigenvalue weighted by molar-refractivity contribution is -0.147. The van der Waals surface area contributed by atoms with Gasteiger partial charge in [0, 0.05) is 0 Å². The van der Waals surface area contributed by atoms with E-state index in [4.69, 9.17) is 27.9 Å². The van der Waals surface area contributed by atoms with Crippen LogP contribution in [-0.4, -0.2) is 12.6 Å². The van der Waals surface area contributed by atoms with Gasteiger partial charge in [0.25, 0.3) is 0 Å². The predicted octanol–water partition coefficient (Wildman–Crippen LogP) is 3.78. The summed E-state index contributed by atoms with van der Waals surface area (Å²) in [5.41, 5.74) is -0.0942. The summed E-state index contributed by atoms with van der Waals surface area (Å²) in [6.07, 6.45) is 1.73. The first kappa shape index (κ1) is 13.9. The Morgan fingerprint density at radius 3 is 2.44 bits per heavy atom. The molecule has 92 valence electrons. The molecule has 0 aromatic rings. The van der Waals surface area contributed by atoms with Gasteiger partial charge < -0.3 is 4.74 Å². The first-order valence-corrected chi connectivity index (χ1v) is 6.22. The van der Waals surface area contributed by atoms with Gasteiger partial charge in [0.05, 0.1) is 12.5 Å². The molecule has 2 nitrogen and oxygen atoms in total. The van der Waals surface area contributed by atoms with Crippen molar-refractivity contribution in [2.45, 2.75) is 27.7 Å². The van der Waals surface area contributed by atoms with Crippen LogP contribution in [0.1, 0.15) is 27.7 Å². The van der Waals surface area contributed by atoms with Crippen molar-refractivity contribution in [2.24, 2.45) is 23.2 Å². The van der Waals surface area contributed by atoms with Crippen molar-refractivity contribution in [3.05, 3.63) is 10.6 Å². The monoisotopic (exact) mass is 264 g/mol. The molecule has 1 rings (SSSR count). The minimum atomic E-state index is -0.144. The second kappa shape index (κ2) is 4.97. The number of hydrogen-bond acceptors (Lipinski definition) is 2. The fourth-order valence-corrected chi connectivity index (χ4v) is 2.18. The van der Waals surface area contributed by atoms with Gasteiger partial charge in [0.1, 0.15) is 4.49 Å². The molecule has 1 fully saturated rings. The number of carbonyl (C=O) groups excluding carboxylic acids is 1. The number of esters is 1. The Hall–Kier alpha value is -0.210. The Labute approximate surface area is 107 Å². The zero-order chi connectivity index (χ0) is 12.5. The Morgan fingerprint density at radius 1 is 1.44 bits per heavy atom. The molecule has 1 aliphatic rings. The molecule has 0 saturated heterocycles. The molecule has 1 aliphatic carbocycles. The summed E-state index contributed by atoms with van der Waals surface area (Å²) in [4.78, 5) is 11.8. The van der Waals surface area contributed by atoms with E-state index in [9.17, 15) is 4.79 Å². The maximum Gasteiger partial charge on any atom is 0.310 e. The van der Waals surface area contributed by atoms with Crippen molar-refractivity contribution < 1.29 is 9.53 Å². The zero-order valence-corrected chi connectivity index (χ0v) is 11.6. The molecule has 0 aromatic heterocycles. The van der Waals surface area contributed by atoms with Crippen LogP contribution in [0.4, 0.5) is 0 Å². The third-order valence-electron chi connectivity index (χ3n) is 3.03. The van der Waals surface area contributed by atoms with E-state index < -0.39 is 0 Å². The van der Waals surface area contributed by atoms with Crippen LogP contribution in [0.2, 0.25) is 0 Å². The number of halogens is 2. The molecule has 0 heterocycles. The second-order valence-electron chi connectivity index (χ2n) is 5.31. The summed E-state index contributed by atoms with van der Waals surface area (Å²) in [5.74, 6) is 0.196. The molecule has 16 heavy (non-hydrogen) atoms. The number of rotatable bonds is 4. The fraction of sp³-hybridized carbons (Fsp3) is 0.750. The van der Waals surface area contributed by atoms with Gasteiger partial charge in [-0.3, -0.25) is 4.79 Å². The number of allylic oxidation sites excluding steroid dienone is 1. The minimum absolute atomic E-state index is 0.0942. The highest BCUT2D eigenvalue weighted by atomic mass is 35.5. The Balaban J connectivity index is 2.56.